The minimum absolute atomic E-state index is 0.250. The first-order chi connectivity index (χ1) is 9.19. The molecule has 0 saturated carbocycles. The molecule has 3 rings (SSSR count). The highest BCUT2D eigenvalue weighted by atomic mass is 79.9. The van der Waals surface area contributed by atoms with Gasteiger partial charge < -0.3 is 10.3 Å². The van der Waals surface area contributed by atoms with Crippen molar-refractivity contribution < 1.29 is 0 Å². The first kappa shape index (κ1) is 13.2. The van der Waals surface area contributed by atoms with E-state index in [9.17, 15) is 0 Å². The molecular weight excluding hydrogens is 322 g/mol. The van der Waals surface area contributed by atoms with Gasteiger partial charge in [-0.3, -0.25) is 0 Å². The molecular formula is C14H16BrN3S. The summed E-state index contributed by atoms with van der Waals surface area (Å²) in [5, 5.41) is 0. The second-order valence-corrected chi connectivity index (χ2v) is 6.40. The Hall–Kier alpha value is -0.780. The summed E-state index contributed by atoms with van der Waals surface area (Å²) in [5.74, 6) is 0. The van der Waals surface area contributed by atoms with Crippen molar-refractivity contribution in [1.29, 1.82) is 0 Å². The van der Waals surface area contributed by atoms with E-state index in [0.29, 0.717) is 0 Å². The fourth-order valence-electron chi connectivity index (χ4n) is 2.52. The monoisotopic (exact) mass is 337 g/mol. The molecule has 1 aromatic carbocycles. The van der Waals surface area contributed by atoms with Crippen molar-refractivity contribution in [2.24, 2.45) is 5.73 Å². The normalized spacial score (nSPS) is 18.4. The summed E-state index contributed by atoms with van der Waals surface area (Å²) in [5.41, 5.74) is 9.58. The molecule has 1 atom stereocenters. The van der Waals surface area contributed by atoms with Gasteiger partial charge in [0.25, 0.3) is 0 Å². The van der Waals surface area contributed by atoms with Gasteiger partial charge in [-0.1, -0.05) is 12.1 Å². The number of benzene rings is 1. The SMILES string of the molecule is CSc1ccc(-c2nc(Br)n3c2CC(N)CC3)cc1. The van der Waals surface area contributed by atoms with Crippen molar-refractivity contribution in [2.75, 3.05) is 6.26 Å². The van der Waals surface area contributed by atoms with E-state index in [-0.39, 0.29) is 6.04 Å². The quantitative estimate of drug-likeness (QED) is 0.855. The minimum atomic E-state index is 0.250. The summed E-state index contributed by atoms with van der Waals surface area (Å²) in [6.45, 7) is 0.951. The van der Waals surface area contributed by atoms with Crippen LogP contribution < -0.4 is 5.73 Å². The maximum Gasteiger partial charge on any atom is 0.177 e. The molecule has 0 fully saturated rings. The smallest absolute Gasteiger partial charge is 0.177 e. The molecule has 0 radical (unpaired) electrons. The van der Waals surface area contributed by atoms with Crippen LogP contribution in [0.1, 0.15) is 12.1 Å². The zero-order valence-electron chi connectivity index (χ0n) is 10.8. The number of nitrogens with two attached hydrogens (primary N) is 1. The maximum absolute atomic E-state index is 6.09. The first-order valence-corrected chi connectivity index (χ1v) is 8.35. The topological polar surface area (TPSA) is 43.8 Å². The first-order valence-electron chi connectivity index (χ1n) is 6.34. The lowest BCUT2D eigenvalue weighted by molar-refractivity contribution is 0.467. The molecule has 0 bridgehead atoms. The third kappa shape index (κ3) is 2.47. The Labute approximate surface area is 125 Å². The summed E-state index contributed by atoms with van der Waals surface area (Å²) in [6, 6.07) is 8.81. The Balaban J connectivity index is 2.04. The summed E-state index contributed by atoms with van der Waals surface area (Å²) < 4.78 is 3.15. The number of hydrogen-bond donors (Lipinski definition) is 1. The Morgan fingerprint density at radius 2 is 2.11 bits per heavy atom. The molecule has 0 amide bonds. The van der Waals surface area contributed by atoms with Gasteiger partial charge >= 0.3 is 0 Å². The molecule has 1 aliphatic rings. The molecule has 2 aromatic rings. The molecule has 2 N–H and O–H groups in total. The zero-order chi connectivity index (χ0) is 13.4. The van der Waals surface area contributed by atoms with Crippen LogP contribution in [0, 0.1) is 0 Å². The van der Waals surface area contributed by atoms with E-state index in [1.165, 1.54) is 16.2 Å². The number of aromatic nitrogens is 2. The number of nitrogens with zero attached hydrogens (tertiary/aromatic N) is 2. The van der Waals surface area contributed by atoms with Gasteiger partial charge in [0, 0.05) is 35.2 Å². The van der Waals surface area contributed by atoms with Gasteiger partial charge in [0.2, 0.25) is 0 Å². The van der Waals surface area contributed by atoms with Crippen molar-refractivity contribution in [1.82, 2.24) is 9.55 Å². The van der Waals surface area contributed by atoms with Crippen LogP contribution in [0.3, 0.4) is 0 Å². The van der Waals surface area contributed by atoms with Crippen LogP contribution in [0.25, 0.3) is 11.3 Å². The Morgan fingerprint density at radius 3 is 2.79 bits per heavy atom. The largest absolute Gasteiger partial charge is 0.327 e. The zero-order valence-corrected chi connectivity index (χ0v) is 13.2. The standard InChI is InChI=1S/C14H16BrN3S/c1-19-11-4-2-9(3-5-11)13-12-8-10(16)6-7-18(12)14(15)17-13/h2-5,10H,6-8,16H2,1H3. The van der Waals surface area contributed by atoms with Gasteiger partial charge in [0.15, 0.2) is 4.73 Å². The number of imidazole rings is 1. The lowest BCUT2D eigenvalue weighted by Gasteiger charge is -2.21. The highest BCUT2D eigenvalue weighted by molar-refractivity contribution is 9.10. The van der Waals surface area contributed by atoms with Crippen LogP contribution in [0.15, 0.2) is 33.9 Å². The van der Waals surface area contributed by atoms with Crippen LogP contribution in [0.5, 0.6) is 0 Å². The highest BCUT2D eigenvalue weighted by Gasteiger charge is 2.23. The van der Waals surface area contributed by atoms with Crippen LogP contribution in [-0.2, 0) is 13.0 Å². The van der Waals surface area contributed by atoms with Gasteiger partial charge in [-0.2, -0.15) is 0 Å². The third-order valence-corrected chi connectivity index (χ3v) is 4.92. The molecule has 1 aromatic heterocycles. The van der Waals surface area contributed by atoms with E-state index in [1.54, 1.807) is 11.8 Å². The second-order valence-electron chi connectivity index (χ2n) is 4.81. The Morgan fingerprint density at radius 1 is 1.37 bits per heavy atom. The van der Waals surface area contributed by atoms with Crippen LogP contribution in [-0.4, -0.2) is 21.8 Å². The number of rotatable bonds is 2. The predicted octanol–water partition coefficient (Wildman–Crippen LogP) is 3.31. The van der Waals surface area contributed by atoms with E-state index in [1.807, 2.05) is 0 Å². The number of thioether (sulfide) groups is 1. The van der Waals surface area contributed by atoms with Crippen LogP contribution >= 0.6 is 27.7 Å². The highest BCUT2D eigenvalue weighted by Crippen LogP contribution is 2.31. The number of hydrogen-bond acceptors (Lipinski definition) is 3. The van der Waals surface area contributed by atoms with E-state index in [4.69, 9.17) is 5.73 Å². The summed E-state index contributed by atoms with van der Waals surface area (Å²) in [4.78, 5) is 5.94. The molecule has 100 valence electrons. The van der Waals surface area contributed by atoms with Crippen molar-refractivity contribution in [3.8, 4) is 11.3 Å². The maximum atomic E-state index is 6.09. The average molecular weight is 338 g/mol. The van der Waals surface area contributed by atoms with Crippen molar-refractivity contribution in [3.05, 3.63) is 34.7 Å². The fraction of sp³-hybridized carbons (Fsp3) is 0.357. The van der Waals surface area contributed by atoms with E-state index in [2.05, 4.69) is 56.0 Å². The summed E-state index contributed by atoms with van der Waals surface area (Å²) >= 11 is 5.31. The van der Waals surface area contributed by atoms with Gasteiger partial charge in [0.1, 0.15) is 0 Å². The van der Waals surface area contributed by atoms with Gasteiger partial charge in [-0.15, -0.1) is 11.8 Å². The Kier molecular flexibility index (Phi) is 3.69. The van der Waals surface area contributed by atoms with Crippen LogP contribution in [0.4, 0.5) is 0 Å². The molecule has 1 unspecified atom stereocenters. The Bertz CT molecular complexity index is 591. The molecule has 5 heteroatoms. The molecule has 2 heterocycles. The van der Waals surface area contributed by atoms with Gasteiger partial charge in [-0.25, -0.2) is 4.98 Å². The minimum Gasteiger partial charge on any atom is -0.327 e. The molecule has 1 aliphatic heterocycles. The van der Waals surface area contributed by atoms with Crippen molar-refractivity contribution in [2.45, 2.75) is 30.3 Å². The lowest BCUT2D eigenvalue weighted by atomic mass is 10.0. The van der Waals surface area contributed by atoms with Crippen molar-refractivity contribution >= 4 is 27.7 Å². The number of fused-ring (bicyclic) bond motifs is 1. The van der Waals surface area contributed by atoms with E-state index in [0.717, 1.165) is 29.8 Å². The average Bonchev–Trinajstić information content (AvgIpc) is 2.75. The summed E-state index contributed by atoms with van der Waals surface area (Å²) in [7, 11) is 0. The van der Waals surface area contributed by atoms with Gasteiger partial charge in [0.05, 0.1) is 5.69 Å². The lowest BCUT2D eigenvalue weighted by Crippen LogP contribution is -2.30. The predicted molar refractivity (Wildman–Crippen MR) is 83.4 cm³/mol. The molecule has 0 saturated heterocycles. The fourth-order valence-corrected chi connectivity index (χ4v) is 3.49. The third-order valence-electron chi connectivity index (χ3n) is 3.57. The molecule has 3 nitrogen and oxygen atoms in total. The summed E-state index contributed by atoms with van der Waals surface area (Å²) in [6.07, 6.45) is 4.01. The molecule has 0 spiro atoms. The molecule has 0 aliphatic carbocycles. The van der Waals surface area contributed by atoms with Crippen LogP contribution in [0.2, 0.25) is 0 Å². The second kappa shape index (κ2) is 5.31. The molecule has 19 heavy (non-hydrogen) atoms. The van der Waals surface area contributed by atoms with Crippen molar-refractivity contribution in [3.63, 3.8) is 0 Å². The van der Waals surface area contributed by atoms with E-state index >= 15 is 0 Å². The van der Waals surface area contributed by atoms with E-state index < -0.39 is 0 Å². The number of halogens is 1. The van der Waals surface area contributed by atoms with Gasteiger partial charge in [-0.05, 0) is 40.7 Å².